The third-order valence-electron chi connectivity index (χ3n) is 7.35. The third-order valence-corrected chi connectivity index (χ3v) is 7.59. The van der Waals surface area contributed by atoms with Crippen molar-refractivity contribution in [2.24, 2.45) is 0 Å². The van der Waals surface area contributed by atoms with Gasteiger partial charge in [-0.1, -0.05) is 30.5 Å². The minimum absolute atomic E-state index is 0.246. The van der Waals surface area contributed by atoms with Gasteiger partial charge in [-0.2, -0.15) is 4.68 Å². The molecule has 0 saturated carbocycles. The Bertz CT molecular complexity index is 1730. The topological polar surface area (TPSA) is 162 Å². The molecule has 2 bridgehead atoms. The molecular formula is C32H33ClN8O5. The van der Waals surface area contributed by atoms with E-state index in [0.717, 1.165) is 11.1 Å². The molecule has 13 nitrogen and oxygen atoms in total. The number of nitrogens with zero attached hydrogens (tertiary/aromatic N) is 5. The number of rotatable bonds is 7. The molecule has 2 aromatic heterocycles. The van der Waals surface area contributed by atoms with Gasteiger partial charge < -0.3 is 20.1 Å². The van der Waals surface area contributed by atoms with Crippen molar-refractivity contribution < 1.29 is 23.9 Å². The largest absolute Gasteiger partial charge is 0.464 e. The fourth-order valence-electron chi connectivity index (χ4n) is 5.16. The van der Waals surface area contributed by atoms with Crippen molar-refractivity contribution in [3.63, 3.8) is 0 Å². The summed E-state index contributed by atoms with van der Waals surface area (Å²) in [6.07, 6.45) is 8.07. The highest BCUT2D eigenvalue weighted by Gasteiger charge is 2.24. The quantitative estimate of drug-likeness (QED) is 0.177. The van der Waals surface area contributed by atoms with E-state index in [0.29, 0.717) is 59.0 Å². The van der Waals surface area contributed by atoms with Crippen LogP contribution in [-0.4, -0.2) is 62.9 Å². The van der Waals surface area contributed by atoms with Crippen LogP contribution in [0, 0.1) is 0 Å². The first-order chi connectivity index (χ1) is 22.3. The van der Waals surface area contributed by atoms with Gasteiger partial charge in [0.05, 0.1) is 31.1 Å². The summed E-state index contributed by atoms with van der Waals surface area (Å²) in [6, 6.07) is 13.3. The Balaban J connectivity index is 1.45. The van der Waals surface area contributed by atoms with Crippen molar-refractivity contribution in [3.05, 3.63) is 83.4 Å². The van der Waals surface area contributed by atoms with E-state index in [9.17, 15) is 14.4 Å². The highest BCUT2D eigenvalue weighted by atomic mass is 35.5. The average Bonchev–Trinajstić information content (AvgIpc) is 3.59. The number of nitrogens with one attached hydrogen (secondary N) is 3. The maximum absolute atomic E-state index is 13.3. The number of hydrogen-bond acceptors (Lipinski definition) is 10. The van der Waals surface area contributed by atoms with E-state index in [1.54, 1.807) is 49.5 Å². The van der Waals surface area contributed by atoms with Gasteiger partial charge in [-0.05, 0) is 84.3 Å². The first-order valence-corrected chi connectivity index (χ1v) is 15.1. The zero-order valence-electron chi connectivity index (χ0n) is 25.3. The number of carbonyl (C=O) groups is 3. The van der Waals surface area contributed by atoms with E-state index in [-0.39, 0.29) is 18.5 Å². The molecule has 0 unspecified atom stereocenters. The molecule has 238 valence electrons. The molecule has 2 atom stereocenters. The summed E-state index contributed by atoms with van der Waals surface area (Å²) < 4.78 is 11.6. The van der Waals surface area contributed by atoms with Crippen molar-refractivity contribution >= 4 is 47.0 Å². The van der Waals surface area contributed by atoms with E-state index in [4.69, 9.17) is 21.1 Å². The second-order valence-electron chi connectivity index (χ2n) is 10.4. The van der Waals surface area contributed by atoms with Gasteiger partial charge in [-0.25, -0.2) is 9.59 Å². The van der Waals surface area contributed by atoms with Crippen LogP contribution in [0.1, 0.15) is 49.9 Å². The summed E-state index contributed by atoms with van der Waals surface area (Å²) in [5.74, 6) is -0.693. The van der Waals surface area contributed by atoms with E-state index in [2.05, 4.69) is 36.5 Å². The molecule has 0 radical (unpaired) electrons. The summed E-state index contributed by atoms with van der Waals surface area (Å²) in [7, 11) is 1.28. The third kappa shape index (κ3) is 8.04. The second kappa shape index (κ2) is 15.1. The lowest BCUT2D eigenvalue weighted by molar-refractivity contribution is -0.144. The normalized spacial score (nSPS) is 16.2. The van der Waals surface area contributed by atoms with Crippen LogP contribution in [-0.2, 0) is 19.1 Å². The highest BCUT2D eigenvalue weighted by molar-refractivity contribution is 6.30. The fraction of sp³-hybridized carbons (Fsp3) is 0.281. The molecule has 5 rings (SSSR count). The smallest absolute Gasteiger partial charge is 0.411 e. The monoisotopic (exact) mass is 644 g/mol. The zero-order chi connectivity index (χ0) is 32.5. The number of methoxy groups -OCH3 is 1. The Morgan fingerprint density at radius 1 is 1.11 bits per heavy atom. The van der Waals surface area contributed by atoms with Crippen molar-refractivity contribution in [2.45, 2.75) is 44.7 Å². The summed E-state index contributed by atoms with van der Waals surface area (Å²) in [4.78, 5) is 42.7. The predicted molar refractivity (Wildman–Crippen MR) is 172 cm³/mol. The molecule has 3 N–H and O–H groups in total. The van der Waals surface area contributed by atoms with Gasteiger partial charge in [-0.15, -0.1) is 5.10 Å². The molecular weight excluding hydrogens is 612 g/mol. The van der Waals surface area contributed by atoms with Gasteiger partial charge in [0, 0.05) is 39.8 Å². The number of amides is 2. The van der Waals surface area contributed by atoms with Crippen molar-refractivity contribution in [1.82, 2.24) is 30.5 Å². The van der Waals surface area contributed by atoms with Crippen LogP contribution in [0.2, 0.25) is 5.02 Å². The van der Waals surface area contributed by atoms with Crippen LogP contribution in [0.3, 0.4) is 0 Å². The van der Waals surface area contributed by atoms with Crippen LogP contribution in [0.5, 0.6) is 0 Å². The van der Waals surface area contributed by atoms with Gasteiger partial charge in [0.2, 0.25) is 5.91 Å². The van der Waals surface area contributed by atoms with Gasteiger partial charge in [0.25, 0.3) is 0 Å². The van der Waals surface area contributed by atoms with Gasteiger partial charge in [-0.3, -0.25) is 15.1 Å². The number of hydrogen-bond donors (Lipinski definition) is 3. The van der Waals surface area contributed by atoms with Gasteiger partial charge in [0.1, 0.15) is 12.4 Å². The number of aromatic nitrogens is 5. The molecule has 1 aliphatic rings. The fourth-order valence-corrected chi connectivity index (χ4v) is 5.34. The van der Waals surface area contributed by atoms with Gasteiger partial charge >= 0.3 is 12.1 Å². The van der Waals surface area contributed by atoms with Gasteiger partial charge in [0.15, 0.2) is 0 Å². The van der Waals surface area contributed by atoms with Crippen LogP contribution >= 0.6 is 11.6 Å². The highest BCUT2D eigenvalue weighted by Crippen LogP contribution is 2.34. The molecule has 14 heteroatoms. The standard InChI is InChI=1S/C32H33ClN8O5/c1-3-46-31(43)26-7-5-4-6-25(38-30(42)13-8-21-16-22(33)9-12-29(21)41-19-35-39-40-41)28-17-20(14-15-34-28)24-11-10-23(18-27(24)37-26)36-32(44)45-2/h8-19,25-26,37H,3-7H2,1-2H3,(H,36,44)(H,38,42)/t25-,26+/m0/s1. The lowest BCUT2D eigenvalue weighted by atomic mass is 9.96. The summed E-state index contributed by atoms with van der Waals surface area (Å²) in [6.45, 7) is 2.01. The molecule has 4 aromatic rings. The number of ether oxygens (including phenoxy) is 2. The molecule has 0 fully saturated rings. The Morgan fingerprint density at radius 3 is 2.74 bits per heavy atom. The molecule has 2 amide bonds. The lowest BCUT2D eigenvalue weighted by Gasteiger charge is -2.24. The molecule has 1 aliphatic heterocycles. The predicted octanol–water partition coefficient (Wildman–Crippen LogP) is 5.34. The van der Waals surface area contributed by atoms with Crippen molar-refractivity contribution in [2.75, 3.05) is 24.4 Å². The average molecular weight is 645 g/mol. The number of tetrazole rings is 1. The molecule has 3 heterocycles. The maximum atomic E-state index is 13.3. The Labute approximate surface area is 270 Å². The first-order valence-electron chi connectivity index (χ1n) is 14.7. The van der Waals surface area contributed by atoms with Crippen LogP contribution < -0.4 is 16.0 Å². The molecule has 46 heavy (non-hydrogen) atoms. The SMILES string of the molecule is CCOC(=O)[C@H]1CCCC[C@H](NC(=O)C=Cc2cc(Cl)ccc2-n2cnnn2)c2cc(ccn2)-c2ccc(NC(=O)OC)cc2N1. The van der Waals surface area contributed by atoms with Crippen LogP contribution in [0.25, 0.3) is 22.9 Å². The molecule has 0 saturated heterocycles. The lowest BCUT2D eigenvalue weighted by Crippen LogP contribution is -2.32. The molecule has 2 aromatic carbocycles. The minimum atomic E-state index is -0.629. The number of pyridine rings is 1. The number of carbonyl (C=O) groups excluding carboxylic acids is 3. The van der Waals surface area contributed by atoms with Crippen LogP contribution in [0.4, 0.5) is 16.2 Å². The summed E-state index contributed by atoms with van der Waals surface area (Å²) in [5.41, 5.74) is 4.68. The van der Waals surface area contributed by atoms with E-state index >= 15 is 0 Å². The molecule has 0 aliphatic carbocycles. The van der Waals surface area contributed by atoms with E-state index in [1.165, 1.54) is 24.2 Å². The minimum Gasteiger partial charge on any atom is -0.464 e. The van der Waals surface area contributed by atoms with E-state index in [1.807, 2.05) is 18.2 Å². The Hall–Kier alpha value is -5.30. The second-order valence-corrected chi connectivity index (χ2v) is 10.9. The Kier molecular flexibility index (Phi) is 10.6. The zero-order valence-corrected chi connectivity index (χ0v) is 26.0. The van der Waals surface area contributed by atoms with Crippen molar-refractivity contribution in [1.29, 1.82) is 0 Å². The summed E-state index contributed by atoms with van der Waals surface area (Å²) >= 11 is 6.23. The molecule has 0 spiro atoms. The number of anilines is 2. The summed E-state index contributed by atoms with van der Waals surface area (Å²) in [5, 5.41) is 20.9. The Morgan fingerprint density at radius 2 is 1.96 bits per heavy atom. The number of halogens is 1. The first kappa shape index (κ1) is 32.1. The van der Waals surface area contributed by atoms with Crippen molar-refractivity contribution in [3.8, 4) is 16.8 Å². The number of fused-ring (bicyclic) bond motifs is 4. The van der Waals surface area contributed by atoms with Crippen LogP contribution in [0.15, 0.2) is 67.1 Å². The maximum Gasteiger partial charge on any atom is 0.411 e. The van der Waals surface area contributed by atoms with E-state index < -0.39 is 18.2 Å². The number of benzene rings is 2. The number of esters is 1.